The molecule has 3 rings (SSSR count). The van der Waals surface area contributed by atoms with Gasteiger partial charge >= 0.3 is 0 Å². The summed E-state index contributed by atoms with van der Waals surface area (Å²) in [5.41, 5.74) is 3.73. The van der Waals surface area contributed by atoms with Crippen LogP contribution in [0.2, 0.25) is 0 Å². The molecule has 0 spiro atoms. The number of para-hydroxylation sites is 1. The van der Waals surface area contributed by atoms with Gasteiger partial charge in [-0.1, -0.05) is 24.8 Å². The molecule has 5 nitrogen and oxygen atoms in total. The highest BCUT2D eigenvalue weighted by atomic mass is 15.1. The number of allylic oxidation sites excluding steroid dienone is 1. The fraction of sp³-hybridized carbons (Fsp3) is 0. The third kappa shape index (κ3) is 3.65. The van der Waals surface area contributed by atoms with E-state index in [1.165, 1.54) is 6.20 Å². The molecular formula is C18H17N5. The van der Waals surface area contributed by atoms with E-state index in [0.29, 0.717) is 0 Å². The summed E-state index contributed by atoms with van der Waals surface area (Å²) >= 11 is 0. The Kier molecular flexibility index (Phi) is 4.49. The number of hydrogen-bond acceptors (Lipinski definition) is 4. The maximum absolute atomic E-state index is 4.40. The largest absolute Gasteiger partial charge is 0.358 e. The zero-order chi connectivity index (χ0) is 15.9. The molecule has 3 aromatic rings. The lowest BCUT2D eigenvalue weighted by Crippen LogP contribution is -2.09. The molecule has 0 amide bonds. The van der Waals surface area contributed by atoms with Crippen LogP contribution >= 0.6 is 0 Å². The number of hydrogen-bond donors (Lipinski definition) is 3. The van der Waals surface area contributed by atoms with Crippen LogP contribution in [0, 0.1) is 0 Å². The minimum atomic E-state index is 0.786. The molecule has 0 unspecified atom stereocenters. The van der Waals surface area contributed by atoms with Gasteiger partial charge < -0.3 is 15.6 Å². The molecule has 0 bridgehead atoms. The standard InChI is InChI=1S/C18H17N5/c1-2-19-12-10-17(22-14-7-4-3-5-8-14)23-16-13-21-15-9-6-11-20-18(15)16/h2-13,21-23H,1H2/b17-10+,19-12?. The number of H-pyrrole nitrogens is 1. The van der Waals surface area contributed by atoms with Crippen molar-refractivity contribution in [2.75, 3.05) is 10.6 Å². The first-order chi connectivity index (χ1) is 11.4. The Morgan fingerprint density at radius 2 is 2.00 bits per heavy atom. The van der Waals surface area contributed by atoms with Crippen molar-refractivity contribution in [3.8, 4) is 0 Å². The van der Waals surface area contributed by atoms with Gasteiger partial charge in [-0.2, -0.15) is 0 Å². The summed E-state index contributed by atoms with van der Waals surface area (Å²) in [6.45, 7) is 3.58. The van der Waals surface area contributed by atoms with Crippen LogP contribution in [-0.2, 0) is 0 Å². The topological polar surface area (TPSA) is 65.1 Å². The Labute approximate surface area is 134 Å². The van der Waals surface area contributed by atoms with Crippen LogP contribution in [0.3, 0.4) is 0 Å². The molecule has 23 heavy (non-hydrogen) atoms. The predicted octanol–water partition coefficient (Wildman–Crippen LogP) is 4.14. The number of nitrogens with one attached hydrogen (secondary N) is 3. The lowest BCUT2D eigenvalue weighted by Gasteiger charge is -2.12. The van der Waals surface area contributed by atoms with Crippen molar-refractivity contribution in [1.29, 1.82) is 0 Å². The molecule has 1 aromatic carbocycles. The molecule has 5 heteroatoms. The van der Waals surface area contributed by atoms with Crippen LogP contribution in [0.4, 0.5) is 11.4 Å². The van der Waals surface area contributed by atoms with Gasteiger partial charge in [-0.15, -0.1) is 0 Å². The van der Waals surface area contributed by atoms with Gasteiger partial charge in [0.15, 0.2) is 0 Å². The van der Waals surface area contributed by atoms with Crippen molar-refractivity contribution in [2.45, 2.75) is 0 Å². The van der Waals surface area contributed by atoms with Gasteiger partial charge in [0.1, 0.15) is 11.3 Å². The van der Waals surface area contributed by atoms with Gasteiger partial charge in [-0.3, -0.25) is 9.98 Å². The Morgan fingerprint density at radius 1 is 1.13 bits per heavy atom. The van der Waals surface area contributed by atoms with Crippen molar-refractivity contribution in [2.24, 2.45) is 4.99 Å². The first-order valence-electron chi connectivity index (χ1n) is 7.22. The third-order valence-electron chi connectivity index (χ3n) is 3.19. The number of aromatic nitrogens is 2. The summed E-state index contributed by atoms with van der Waals surface area (Å²) < 4.78 is 0. The van der Waals surface area contributed by atoms with Gasteiger partial charge in [0.2, 0.25) is 0 Å². The summed E-state index contributed by atoms with van der Waals surface area (Å²) in [5, 5.41) is 6.66. The molecule has 3 N–H and O–H groups in total. The maximum Gasteiger partial charge on any atom is 0.111 e. The lowest BCUT2D eigenvalue weighted by molar-refractivity contribution is 1.36. The maximum atomic E-state index is 4.40. The van der Waals surface area contributed by atoms with Crippen LogP contribution in [0.5, 0.6) is 0 Å². The quantitative estimate of drug-likeness (QED) is 0.600. The van der Waals surface area contributed by atoms with Crippen LogP contribution in [-0.4, -0.2) is 16.2 Å². The highest BCUT2D eigenvalue weighted by Crippen LogP contribution is 2.22. The van der Waals surface area contributed by atoms with E-state index in [4.69, 9.17) is 0 Å². The lowest BCUT2D eigenvalue weighted by atomic mass is 10.3. The van der Waals surface area contributed by atoms with E-state index in [9.17, 15) is 0 Å². The highest BCUT2D eigenvalue weighted by Gasteiger charge is 2.06. The van der Waals surface area contributed by atoms with Gasteiger partial charge in [0, 0.05) is 30.5 Å². The van der Waals surface area contributed by atoms with Crippen molar-refractivity contribution >= 4 is 28.6 Å². The number of benzene rings is 1. The summed E-state index contributed by atoms with van der Waals surface area (Å²) in [5.74, 6) is 0.786. The molecular weight excluding hydrogens is 286 g/mol. The average molecular weight is 303 g/mol. The zero-order valence-corrected chi connectivity index (χ0v) is 12.5. The van der Waals surface area contributed by atoms with Crippen molar-refractivity contribution in [3.05, 3.63) is 79.5 Å². The molecule has 0 fully saturated rings. The molecule has 0 aliphatic heterocycles. The fourth-order valence-electron chi connectivity index (χ4n) is 2.17. The molecule has 0 aliphatic carbocycles. The summed E-state index contributed by atoms with van der Waals surface area (Å²) in [7, 11) is 0. The molecule has 0 saturated heterocycles. The van der Waals surface area contributed by atoms with E-state index in [0.717, 1.165) is 28.2 Å². The van der Waals surface area contributed by atoms with E-state index in [1.54, 1.807) is 12.4 Å². The summed E-state index contributed by atoms with van der Waals surface area (Å²) in [4.78, 5) is 11.6. The zero-order valence-electron chi connectivity index (χ0n) is 12.5. The second kappa shape index (κ2) is 7.09. The second-order valence-corrected chi connectivity index (χ2v) is 4.78. The van der Waals surface area contributed by atoms with Gasteiger partial charge in [0.25, 0.3) is 0 Å². The predicted molar refractivity (Wildman–Crippen MR) is 96.6 cm³/mol. The molecule has 0 atom stereocenters. The number of aliphatic imine (C=N–C) groups is 1. The van der Waals surface area contributed by atoms with Crippen LogP contribution in [0.15, 0.2) is 84.5 Å². The number of fused-ring (bicyclic) bond motifs is 1. The average Bonchev–Trinajstić information content (AvgIpc) is 2.99. The van der Waals surface area contributed by atoms with Gasteiger partial charge in [0.05, 0.1) is 11.2 Å². The van der Waals surface area contributed by atoms with Crippen molar-refractivity contribution in [3.63, 3.8) is 0 Å². The van der Waals surface area contributed by atoms with Crippen LogP contribution < -0.4 is 10.6 Å². The molecule has 0 saturated carbocycles. The summed E-state index contributed by atoms with van der Waals surface area (Å²) in [6.07, 6.45) is 8.67. The Hall–Kier alpha value is -3.34. The fourth-order valence-corrected chi connectivity index (χ4v) is 2.17. The molecule has 2 aromatic heterocycles. The Balaban J connectivity index is 1.87. The number of aromatic amines is 1. The van der Waals surface area contributed by atoms with E-state index < -0.39 is 0 Å². The second-order valence-electron chi connectivity index (χ2n) is 4.78. The Morgan fingerprint density at radius 3 is 2.83 bits per heavy atom. The Bertz CT molecular complexity index is 846. The van der Waals surface area contributed by atoms with E-state index in [1.807, 2.05) is 54.7 Å². The van der Waals surface area contributed by atoms with Crippen molar-refractivity contribution < 1.29 is 0 Å². The number of anilines is 2. The summed E-state index contributed by atoms with van der Waals surface area (Å²) in [6, 6.07) is 13.8. The molecule has 114 valence electrons. The van der Waals surface area contributed by atoms with Gasteiger partial charge in [-0.05, 0) is 30.3 Å². The van der Waals surface area contributed by atoms with E-state index >= 15 is 0 Å². The molecule has 2 heterocycles. The van der Waals surface area contributed by atoms with Crippen LogP contribution in [0.25, 0.3) is 11.0 Å². The number of rotatable bonds is 6. The minimum Gasteiger partial charge on any atom is -0.358 e. The van der Waals surface area contributed by atoms with Crippen molar-refractivity contribution in [1.82, 2.24) is 9.97 Å². The monoisotopic (exact) mass is 303 g/mol. The van der Waals surface area contributed by atoms with Gasteiger partial charge in [-0.25, -0.2) is 0 Å². The smallest absolute Gasteiger partial charge is 0.111 e. The highest BCUT2D eigenvalue weighted by molar-refractivity contribution is 5.90. The van der Waals surface area contributed by atoms with Crippen LogP contribution in [0.1, 0.15) is 0 Å². The minimum absolute atomic E-state index is 0.786. The molecule has 0 radical (unpaired) electrons. The molecule has 0 aliphatic rings. The SMILES string of the molecule is C=CN=C/C=C(\Nc1ccccc1)Nc1c[nH]c2cccnc12. The first kappa shape index (κ1) is 14.6. The number of nitrogens with zero attached hydrogens (tertiary/aromatic N) is 2. The third-order valence-corrected chi connectivity index (χ3v) is 3.19. The normalized spacial score (nSPS) is 11.7. The number of pyridine rings is 1. The van der Waals surface area contributed by atoms with E-state index in [-0.39, 0.29) is 0 Å². The first-order valence-corrected chi connectivity index (χ1v) is 7.22. The van der Waals surface area contributed by atoms with E-state index in [2.05, 4.69) is 32.2 Å².